The molecule has 1 rings (SSSR count). The van der Waals surface area contributed by atoms with Gasteiger partial charge in [0.2, 0.25) is 0 Å². The molecule has 0 aliphatic rings. The number of ether oxygens (including phenoxy) is 2. The summed E-state index contributed by atoms with van der Waals surface area (Å²) >= 11 is 0. The van der Waals surface area contributed by atoms with Crippen molar-refractivity contribution >= 4 is 0 Å². The van der Waals surface area contributed by atoms with Crippen LogP contribution >= 0.6 is 0 Å². The van der Waals surface area contributed by atoms with E-state index in [1.165, 1.54) is 13.3 Å². The molecule has 0 bridgehead atoms. The Morgan fingerprint density at radius 1 is 1.38 bits per heavy atom. The third kappa shape index (κ3) is 4.06. The van der Waals surface area contributed by atoms with Gasteiger partial charge in [-0.15, -0.1) is 0 Å². The summed E-state index contributed by atoms with van der Waals surface area (Å²) in [6, 6.07) is 1.69. The van der Waals surface area contributed by atoms with Crippen molar-refractivity contribution in [2.24, 2.45) is 0 Å². The Morgan fingerprint density at radius 3 is 2.56 bits per heavy atom. The zero-order valence-electron chi connectivity index (χ0n) is 8.97. The van der Waals surface area contributed by atoms with Crippen molar-refractivity contribution < 1.29 is 22.6 Å². The van der Waals surface area contributed by atoms with E-state index in [9.17, 15) is 13.2 Å². The van der Waals surface area contributed by atoms with E-state index >= 15 is 0 Å². The molecule has 1 aromatic heterocycles. The molecule has 90 valence electrons. The van der Waals surface area contributed by atoms with Crippen LogP contribution in [-0.4, -0.2) is 24.9 Å². The second-order valence-corrected chi connectivity index (χ2v) is 3.25. The Kier molecular flexibility index (Phi) is 4.12. The number of methoxy groups -OCH3 is 1. The van der Waals surface area contributed by atoms with Gasteiger partial charge in [0.25, 0.3) is 0 Å². The maximum Gasteiger partial charge on any atom is 0.411 e. The second-order valence-electron chi connectivity index (χ2n) is 3.25. The highest BCUT2D eigenvalue weighted by atomic mass is 19.4. The van der Waals surface area contributed by atoms with E-state index in [1.807, 2.05) is 0 Å². The van der Waals surface area contributed by atoms with Gasteiger partial charge in [-0.1, -0.05) is 0 Å². The van der Waals surface area contributed by atoms with Gasteiger partial charge in [0, 0.05) is 0 Å². The topological polar surface area (TPSA) is 31.4 Å². The van der Waals surface area contributed by atoms with Gasteiger partial charge in [-0.25, -0.2) is 0 Å². The molecule has 3 nitrogen and oxygen atoms in total. The molecule has 6 heteroatoms. The first-order valence-corrected chi connectivity index (χ1v) is 4.56. The van der Waals surface area contributed by atoms with Crippen molar-refractivity contribution in [2.45, 2.75) is 19.7 Å². The Morgan fingerprint density at radius 2 is 2.06 bits per heavy atom. The first-order valence-electron chi connectivity index (χ1n) is 4.56. The number of alkyl halides is 3. The van der Waals surface area contributed by atoms with Gasteiger partial charge in [0.15, 0.2) is 0 Å². The fraction of sp³-hybridized carbons (Fsp3) is 0.500. The van der Waals surface area contributed by atoms with Crippen molar-refractivity contribution in [3.8, 4) is 5.75 Å². The lowest BCUT2D eigenvalue weighted by molar-refractivity contribution is -0.176. The Bertz CT molecular complexity index is 352. The first kappa shape index (κ1) is 12.8. The van der Waals surface area contributed by atoms with Crippen LogP contribution in [0.4, 0.5) is 13.2 Å². The van der Waals surface area contributed by atoms with Crippen molar-refractivity contribution in [1.29, 1.82) is 0 Å². The van der Waals surface area contributed by atoms with Gasteiger partial charge >= 0.3 is 6.18 Å². The third-order valence-electron chi connectivity index (χ3n) is 1.90. The minimum atomic E-state index is -4.31. The average Bonchev–Trinajstić information content (AvgIpc) is 2.18. The lowest BCUT2D eigenvalue weighted by Crippen LogP contribution is -2.17. The van der Waals surface area contributed by atoms with Gasteiger partial charge in [-0.05, 0) is 18.6 Å². The molecule has 0 saturated heterocycles. The molecule has 0 N–H and O–H groups in total. The van der Waals surface area contributed by atoms with E-state index in [2.05, 4.69) is 9.72 Å². The van der Waals surface area contributed by atoms with Crippen LogP contribution in [0.25, 0.3) is 0 Å². The van der Waals surface area contributed by atoms with E-state index in [1.54, 1.807) is 13.0 Å². The minimum absolute atomic E-state index is 0.157. The summed E-state index contributed by atoms with van der Waals surface area (Å²) in [6.07, 6.45) is -2.86. The van der Waals surface area contributed by atoms with E-state index in [0.29, 0.717) is 11.4 Å². The van der Waals surface area contributed by atoms with E-state index in [0.717, 1.165) is 5.56 Å². The molecule has 0 unspecified atom stereocenters. The maximum absolute atomic E-state index is 11.8. The summed E-state index contributed by atoms with van der Waals surface area (Å²) in [5, 5.41) is 0. The van der Waals surface area contributed by atoms with Crippen LogP contribution in [-0.2, 0) is 11.3 Å². The summed E-state index contributed by atoms with van der Waals surface area (Å²) in [5.41, 5.74) is 1.21. The normalized spacial score (nSPS) is 11.6. The first-order chi connectivity index (χ1) is 7.42. The second kappa shape index (κ2) is 5.16. The molecule has 0 spiro atoms. The number of aryl methyl sites for hydroxylation is 1. The predicted octanol–water partition coefficient (Wildman–Crippen LogP) is 2.48. The summed E-state index contributed by atoms with van der Waals surface area (Å²) in [6.45, 7) is 0.317. The van der Waals surface area contributed by atoms with Crippen LogP contribution in [0.1, 0.15) is 11.3 Å². The van der Waals surface area contributed by atoms with E-state index < -0.39 is 12.8 Å². The van der Waals surface area contributed by atoms with Crippen molar-refractivity contribution in [3.05, 3.63) is 23.5 Å². The highest BCUT2D eigenvalue weighted by Gasteiger charge is 2.27. The molecule has 0 radical (unpaired) electrons. The summed E-state index contributed by atoms with van der Waals surface area (Å²) in [4.78, 5) is 3.95. The van der Waals surface area contributed by atoms with E-state index in [4.69, 9.17) is 4.74 Å². The SMILES string of the molecule is COc1cnc(COCC(F)(F)F)c(C)c1. The van der Waals surface area contributed by atoms with Gasteiger partial charge < -0.3 is 9.47 Å². The van der Waals surface area contributed by atoms with Gasteiger partial charge in [-0.3, -0.25) is 4.98 Å². The summed E-state index contributed by atoms with van der Waals surface area (Å²) in [7, 11) is 1.50. The molecule has 0 aliphatic heterocycles. The lowest BCUT2D eigenvalue weighted by atomic mass is 10.2. The lowest BCUT2D eigenvalue weighted by Gasteiger charge is -2.09. The van der Waals surface area contributed by atoms with Gasteiger partial charge in [0.05, 0.1) is 25.6 Å². The fourth-order valence-electron chi connectivity index (χ4n) is 1.10. The smallest absolute Gasteiger partial charge is 0.411 e. The zero-order valence-corrected chi connectivity index (χ0v) is 8.97. The molecule has 0 atom stereocenters. The minimum Gasteiger partial charge on any atom is -0.495 e. The highest BCUT2D eigenvalue weighted by Crippen LogP contribution is 2.17. The average molecular weight is 235 g/mol. The molecule has 1 heterocycles. The predicted molar refractivity (Wildman–Crippen MR) is 51.2 cm³/mol. The standard InChI is InChI=1S/C10H12F3NO2/c1-7-3-8(15-2)4-14-9(7)5-16-6-10(11,12)13/h3-4H,5-6H2,1-2H3. The van der Waals surface area contributed by atoms with Crippen LogP contribution in [0.5, 0.6) is 5.75 Å². The summed E-state index contributed by atoms with van der Waals surface area (Å²) in [5.74, 6) is 0.567. The molecular weight excluding hydrogens is 223 g/mol. The van der Waals surface area contributed by atoms with Crippen LogP contribution in [0.3, 0.4) is 0 Å². The van der Waals surface area contributed by atoms with Crippen molar-refractivity contribution in [3.63, 3.8) is 0 Å². The molecular formula is C10H12F3NO2. The number of hydrogen-bond donors (Lipinski definition) is 0. The van der Waals surface area contributed by atoms with Gasteiger partial charge in [0.1, 0.15) is 12.4 Å². The molecule has 0 aromatic carbocycles. The number of aromatic nitrogens is 1. The number of rotatable bonds is 4. The Hall–Kier alpha value is -1.30. The molecule has 0 saturated carbocycles. The number of pyridine rings is 1. The van der Waals surface area contributed by atoms with Crippen LogP contribution in [0.2, 0.25) is 0 Å². The van der Waals surface area contributed by atoms with Crippen LogP contribution in [0, 0.1) is 6.92 Å². The maximum atomic E-state index is 11.8. The zero-order chi connectivity index (χ0) is 12.2. The van der Waals surface area contributed by atoms with Gasteiger partial charge in [-0.2, -0.15) is 13.2 Å². The Balaban J connectivity index is 2.55. The van der Waals surface area contributed by atoms with Crippen molar-refractivity contribution in [2.75, 3.05) is 13.7 Å². The summed E-state index contributed by atoms with van der Waals surface area (Å²) < 4.78 is 44.9. The number of hydrogen-bond acceptors (Lipinski definition) is 3. The third-order valence-corrected chi connectivity index (χ3v) is 1.90. The monoisotopic (exact) mass is 235 g/mol. The number of nitrogens with zero attached hydrogens (tertiary/aromatic N) is 1. The molecule has 16 heavy (non-hydrogen) atoms. The van der Waals surface area contributed by atoms with E-state index in [-0.39, 0.29) is 6.61 Å². The number of halogens is 3. The quantitative estimate of drug-likeness (QED) is 0.803. The fourth-order valence-corrected chi connectivity index (χ4v) is 1.10. The molecule has 0 aliphatic carbocycles. The molecule has 0 fully saturated rings. The molecule has 0 amide bonds. The van der Waals surface area contributed by atoms with Crippen LogP contribution in [0.15, 0.2) is 12.3 Å². The largest absolute Gasteiger partial charge is 0.495 e. The highest BCUT2D eigenvalue weighted by molar-refractivity contribution is 5.27. The van der Waals surface area contributed by atoms with Crippen LogP contribution < -0.4 is 4.74 Å². The van der Waals surface area contributed by atoms with Crippen molar-refractivity contribution in [1.82, 2.24) is 4.98 Å². The Labute approximate surface area is 91.2 Å². The molecule has 1 aromatic rings.